The van der Waals surface area contributed by atoms with Crippen LogP contribution in [0.1, 0.15) is 33.1 Å². The second-order valence-electron chi connectivity index (χ2n) is 8.48. The zero-order valence-electron chi connectivity index (χ0n) is 16.2. The summed E-state index contributed by atoms with van der Waals surface area (Å²) >= 11 is 0. The molecule has 6 heteroatoms. The standard InChI is InChI=1S/C22H26N2O3S/c1-21(2)17-13-14-22(21,16-28(25,26)27)20(15-17)23-24(18-9-5-3-6-10-18)19-11-7-4-8-12-19/h3-12,17H,13-16H2,1-2H3,(H,25,26,27)/p-1/b23-20-/t17-,22+/m1/s1. The number of fused-ring (bicyclic) bond motifs is 2. The average molecular weight is 398 g/mol. The van der Waals surface area contributed by atoms with E-state index in [1.165, 1.54) is 0 Å². The molecule has 0 aliphatic heterocycles. The number of nitrogens with zero attached hydrogens (tertiary/aromatic N) is 2. The third-order valence-electron chi connectivity index (χ3n) is 6.81. The minimum Gasteiger partial charge on any atom is -0.748 e. The van der Waals surface area contributed by atoms with Crippen molar-refractivity contribution in [2.75, 3.05) is 10.8 Å². The molecular formula is C22H25N2O3S-. The molecule has 2 fully saturated rings. The Morgan fingerprint density at radius 2 is 1.57 bits per heavy atom. The van der Waals surface area contributed by atoms with Gasteiger partial charge in [-0.1, -0.05) is 50.2 Å². The molecule has 0 spiro atoms. The van der Waals surface area contributed by atoms with Crippen LogP contribution in [0.2, 0.25) is 0 Å². The molecule has 2 bridgehead atoms. The molecule has 0 N–H and O–H groups in total. The SMILES string of the molecule is CC1(C)[C@@H]2CC[C@]1(CS(=O)(=O)[O-])/C(=N\N(c1ccccc1)c1ccccc1)C2. The summed E-state index contributed by atoms with van der Waals surface area (Å²) in [4.78, 5) is 0. The van der Waals surface area contributed by atoms with Crippen molar-refractivity contribution >= 4 is 27.2 Å². The molecule has 4 rings (SSSR count). The van der Waals surface area contributed by atoms with E-state index in [0.29, 0.717) is 12.3 Å². The van der Waals surface area contributed by atoms with Crippen LogP contribution in [0.15, 0.2) is 65.8 Å². The lowest BCUT2D eigenvalue weighted by atomic mass is 9.70. The molecule has 2 aromatic rings. The van der Waals surface area contributed by atoms with E-state index in [1.807, 2.05) is 65.7 Å². The highest BCUT2D eigenvalue weighted by molar-refractivity contribution is 7.85. The van der Waals surface area contributed by atoms with Gasteiger partial charge in [0.25, 0.3) is 0 Å². The Balaban J connectivity index is 1.84. The minimum absolute atomic E-state index is 0.262. The predicted molar refractivity (Wildman–Crippen MR) is 111 cm³/mol. The van der Waals surface area contributed by atoms with Gasteiger partial charge in [-0.05, 0) is 54.9 Å². The molecule has 0 amide bonds. The molecule has 0 heterocycles. The van der Waals surface area contributed by atoms with Gasteiger partial charge in [0.1, 0.15) is 0 Å². The van der Waals surface area contributed by atoms with Crippen LogP contribution in [0.3, 0.4) is 0 Å². The molecule has 0 aromatic heterocycles. The first-order valence-electron chi connectivity index (χ1n) is 9.65. The summed E-state index contributed by atoms with van der Waals surface area (Å²) in [7, 11) is -4.37. The number of para-hydroxylation sites is 2. The van der Waals surface area contributed by atoms with Gasteiger partial charge in [-0.3, -0.25) is 0 Å². The zero-order valence-corrected chi connectivity index (χ0v) is 17.0. The van der Waals surface area contributed by atoms with Gasteiger partial charge in [0.05, 0.1) is 21.5 Å². The lowest BCUT2D eigenvalue weighted by molar-refractivity contribution is 0.193. The van der Waals surface area contributed by atoms with Crippen molar-refractivity contribution in [2.24, 2.45) is 21.8 Å². The Kier molecular flexibility index (Phi) is 4.59. The Bertz CT molecular complexity index is 947. The van der Waals surface area contributed by atoms with Gasteiger partial charge in [-0.15, -0.1) is 0 Å². The van der Waals surface area contributed by atoms with E-state index in [4.69, 9.17) is 5.10 Å². The fourth-order valence-corrected chi connectivity index (χ4v) is 6.39. The molecule has 28 heavy (non-hydrogen) atoms. The fraction of sp³-hybridized carbons (Fsp3) is 0.409. The molecule has 2 aliphatic carbocycles. The molecule has 5 nitrogen and oxygen atoms in total. The van der Waals surface area contributed by atoms with Crippen molar-refractivity contribution in [3.05, 3.63) is 60.7 Å². The Labute approximate surface area is 166 Å². The normalized spacial score (nSPS) is 27.2. The summed E-state index contributed by atoms with van der Waals surface area (Å²) in [6.07, 6.45) is 2.37. The van der Waals surface area contributed by atoms with Crippen LogP contribution in [0.25, 0.3) is 0 Å². The molecule has 148 valence electrons. The monoisotopic (exact) mass is 397 g/mol. The van der Waals surface area contributed by atoms with E-state index >= 15 is 0 Å². The van der Waals surface area contributed by atoms with Crippen LogP contribution in [0.4, 0.5) is 11.4 Å². The predicted octanol–water partition coefficient (Wildman–Crippen LogP) is 4.55. The number of benzene rings is 2. The van der Waals surface area contributed by atoms with Gasteiger partial charge < -0.3 is 4.55 Å². The van der Waals surface area contributed by atoms with Crippen molar-refractivity contribution in [3.63, 3.8) is 0 Å². The Morgan fingerprint density at radius 1 is 1.04 bits per heavy atom. The molecule has 2 saturated carbocycles. The second kappa shape index (κ2) is 6.71. The lowest BCUT2D eigenvalue weighted by Gasteiger charge is -2.39. The van der Waals surface area contributed by atoms with E-state index in [1.54, 1.807) is 0 Å². The number of anilines is 2. The average Bonchev–Trinajstić information content (AvgIpc) is 3.01. The molecular weight excluding hydrogens is 372 g/mol. The third kappa shape index (κ3) is 3.14. The smallest absolute Gasteiger partial charge is 0.0955 e. The van der Waals surface area contributed by atoms with Gasteiger partial charge in [-0.25, -0.2) is 13.4 Å². The summed E-state index contributed by atoms with van der Waals surface area (Å²) < 4.78 is 35.4. The quantitative estimate of drug-likeness (QED) is 0.548. The first kappa shape index (κ1) is 19.2. The van der Waals surface area contributed by atoms with Crippen LogP contribution >= 0.6 is 0 Å². The van der Waals surface area contributed by atoms with Crippen molar-refractivity contribution in [2.45, 2.75) is 33.1 Å². The summed E-state index contributed by atoms with van der Waals surface area (Å²) in [6, 6.07) is 19.6. The van der Waals surface area contributed by atoms with Gasteiger partial charge in [0, 0.05) is 16.9 Å². The third-order valence-corrected chi connectivity index (χ3v) is 7.66. The first-order chi connectivity index (χ1) is 13.2. The van der Waals surface area contributed by atoms with E-state index in [2.05, 4.69) is 13.8 Å². The number of hydrogen-bond acceptors (Lipinski definition) is 5. The molecule has 2 aliphatic rings. The van der Waals surface area contributed by atoms with Gasteiger partial charge >= 0.3 is 0 Å². The largest absolute Gasteiger partial charge is 0.748 e. The highest BCUT2D eigenvalue weighted by atomic mass is 32.2. The van der Waals surface area contributed by atoms with E-state index in [-0.39, 0.29) is 11.2 Å². The number of hydrogen-bond donors (Lipinski definition) is 0. The Hall–Kier alpha value is -2.18. The zero-order chi connectivity index (χ0) is 20.0. The molecule has 2 aromatic carbocycles. The summed E-state index contributed by atoms with van der Waals surface area (Å²) in [5.74, 6) is -0.0267. The van der Waals surface area contributed by atoms with Crippen LogP contribution < -0.4 is 5.01 Å². The second-order valence-corrected chi connectivity index (χ2v) is 9.88. The van der Waals surface area contributed by atoms with Crippen molar-refractivity contribution in [1.82, 2.24) is 0 Å². The minimum atomic E-state index is -4.37. The van der Waals surface area contributed by atoms with Crippen LogP contribution in [-0.4, -0.2) is 24.4 Å². The summed E-state index contributed by atoms with van der Waals surface area (Å²) in [5.41, 5.74) is 1.69. The molecule has 0 saturated heterocycles. The summed E-state index contributed by atoms with van der Waals surface area (Å²) in [5, 5.41) is 6.86. The topological polar surface area (TPSA) is 72.8 Å². The molecule has 0 radical (unpaired) electrons. The highest BCUT2D eigenvalue weighted by Crippen LogP contribution is 2.64. The van der Waals surface area contributed by atoms with E-state index in [9.17, 15) is 13.0 Å². The number of hydrazone groups is 1. The van der Waals surface area contributed by atoms with Crippen LogP contribution in [-0.2, 0) is 10.1 Å². The molecule has 2 atom stereocenters. The van der Waals surface area contributed by atoms with Crippen molar-refractivity contribution in [3.8, 4) is 0 Å². The maximum absolute atomic E-state index is 11.8. The van der Waals surface area contributed by atoms with Crippen molar-refractivity contribution in [1.29, 1.82) is 0 Å². The van der Waals surface area contributed by atoms with Crippen LogP contribution in [0, 0.1) is 16.7 Å². The maximum atomic E-state index is 11.8. The fourth-order valence-electron chi connectivity index (χ4n) is 5.10. The van der Waals surface area contributed by atoms with Gasteiger partial charge in [-0.2, -0.15) is 5.10 Å². The van der Waals surface area contributed by atoms with Crippen LogP contribution in [0.5, 0.6) is 0 Å². The first-order valence-corrected chi connectivity index (χ1v) is 11.2. The molecule has 0 unspecified atom stereocenters. The summed E-state index contributed by atoms with van der Waals surface area (Å²) in [6.45, 7) is 4.18. The van der Waals surface area contributed by atoms with E-state index < -0.39 is 15.5 Å². The van der Waals surface area contributed by atoms with Crippen molar-refractivity contribution < 1.29 is 13.0 Å². The van der Waals surface area contributed by atoms with E-state index in [0.717, 1.165) is 29.9 Å². The van der Waals surface area contributed by atoms with Gasteiger partial charge in [0.15, 0.2) is 0 Å². The lowest BCUT2D eigenvalue weighted by Crippen LogP contribution is -2.42. The maximum Gasteiger partial charge on any atom is 0.0955 e. The number of rotatable bonds is 5. The highest BCUT2D eigenvalue weighted by Gasteiger charge is 2.63. The Morgan fingerprint density at radius 3 is 2.04 bits per heavy atom. The van der Waals surface area contributed by atoms with Gasteiger partial charge in [0.2, 0.25) is 0 Å².